The van der Waals surface area contributed by atoms with Crippen molar-refractivity contribution in [1.29, 1.82) is 0 Å². The van der Waals surface area contributed by atoms with Crippen LogP contribution >= 0.6 is 23.1 Å². The lowest BCUT2D eigenvalue weighted by Crippen LogP contribution is -2.21. The average Bonchev–Trinajstić information content (AvgIpc) is 2.86. The molecule has 0 aliphatic rings. The second-order valence-corrected chi connectivity index (χ2v) is 7.11. The normalized spacial score (nSPS) is 12.6. The Labute approximate surface area is 129 Å². The Hall–Kier alpha value is -0.910. The van der Waals surface area contributed by atoms with Crippen molar-refractivity contribution in [2.24, 2.45) is 0 Å². The third-order valence-corrected chi connectivity index (χ3v) is 5.03. The molecule has 0 radical (unpaired) electrons. The average molecular weight is 307 g/mol. The van der Waals surface area contributed by atoms with Crippen LogP contribution in [0.15, 0.2) is 33.5 Å². The number of nitrogens with zero attached hydrogens (tertiary/aromatic N) is 2. The van der Waals surface area contributed by atoms with Gasteiger partial charge in [-0.25, -0.2) is 0 Å². The predicted octanol–water partition coefficient (Wildman–Crippen LogP) is 4.45. The minimum Gasteiger partial charge on any atom is -0.310 e. The minimum absolute atomic E-state index is 0.410. The molecule has 1 aromatic heterocycles. The van der Waals surface area contributed by atoms with E-state index in [2.05, 4.69) is 53.6 Å². The smallest absolute Gasteiger partial charge is 0.179 e. The third-order valence-electron chi connectivity index (χ3n) is 3.05. The quantitative estimate of drug-likeness (QED) is 0.820. The Balaban J connectivity index is 2.20. The van der Waals surface area contributed by atoms with E-state index in [-0.39, 0.29) is 0 Å². The van der Waals surface area contributed by atoms with E-state index in [0.717, 1.165) is 28.7 Å². The number of nitrogens with one attached hydrogen (secondary N) is 1. The molecule has 0 fully saturated rings. The third kappa shape index (κ3) is 4.04. The fraction of sp³-hybridized carbons (Fsp3) is 0.467. The number of aryl methyl sites for hydroxylation is 1. The Bertz CT molecular complexity index is 539. The largest absolute Gasteiger partial charge is 0.310 e. The summed E-state index contributed by atoms with van der Waals surface area (Å²) in [7, 11) is 0. The van der Waals surface area contributed by atoms with Gasteiger partial charge in [0, 0.05) is 10.9 Å². The van der Waals surface area contributed by atoms with Crippen molar-refractivity contribution in [1.82, 2.24) is 15.5 Å². The molecule has 1 atom stereocenters. The Kier molecular flexibility index (Phi) is 6.01. The van der Waals surface area contributed by atoms with Crippen LogP contribution < -0.4 is 5.32 Å². The van der Waals surface area contributed by atoms with Crippen LogP contribution in [0.5, 0.6) is 0 Å². The van der Waals surface area contributed by atoms with Gasteiger partial charge in [-0.3, -0.25) is 0 Å². The first-order chi connectivity index (χ1) is 9.74. The van der Waals surface area contributed by atoms with Crippen LogP contribution in [0.3, 0.4) is 0 Å². The number of hydrogen-bond donors (Lipinski definition) is 1. The van der Waals surface area contributed by atoms with Crippen LogP contribution in [0.4, 0.5) is 0 Å². The predicted molar refractivity (Wildman–Crippen MR) is 86.5 cm³/mol. The fourth-order valence-corrected chi connectivity index (χ4v) is 4.03. The molecule has 0 amide bonds. The fourth-order valence-electron chi connectivity index (χ4n) is 2.07. The molecule has 5 heteroatoms. The molecule has 0 aliphatic carbocycles. The molecule has 0 aliphatic heterocycles. The maximum atomic E-state index is 4.21. The van der Waals surface area contributed by atoms with Gasteiger partial charge in [-0.1, -0.05) is 55.1 Å². The van der Waals surface area contributed by atoms with Gasteiger partial charge in [-0.05, 0) is 37.9 Å². The standard InChI is InChI=1S/C15H21N3S2/c1-4-10-16-13(5-2)12-8-6-7-9-14(12)20-15-18-17-11(3)19-15/h6-9,13,16H,4-5,10H2,1-3H3. The number of aromatic nitrogens is 2. The van der Waals surface area contributed by atoms with Crippen molar-refractivity contribution in [2.75, 3.05) is 6.54 Å². The summed E-state index contributed by atoms with van der Waals surface area (Å²) in [5.74, 6) is 0. The summed E-state index contributed by atoms with van der Waals surface area (Å²) < 4.78 is 1.01. The maximum Gasteiger partial charge on any atom is 0.179 e. The molecule has 20 heavy (non-hydrogen) atoms. The highest BCUT2D eigenvalue weighted by molar-refractivity contribution is 8.01. The molecule has 3 nitrogen and oxygen atoms in total. The first-order valence-electron chi connectivity index (χ1n) is 7.04. The van der Waals surface area contributed by atoms with Gasteiger partial charge >= 0.3 is 0 Å². The van der Waals surface area contributed by atoms with Crippen molar-refractivity contribution in [3.05, 3.63) is 34.8 Å². The molecule has 108 valence electrons. The lowest BCUT2D eigenvalue weighted by Gasteiger charge is -2.19. The highest BCUT2D eigenvalue weighted by Crippen LogP contribution is 2.35. The molecule has 0 saturated heterocycles. The Morgan fingerprint density at radius 3 is 2.70 bits per heavy atom. The molecule has 1 N–H and O–H groups in total. The Morgan fingerprint density at radius 1 is 1.25 bits per heavy atom. The van der Waals surface area contributed by atoms with Crippen LogP contribution in [0.25, 0.3) is 0 Å². The summed E-state index contributed by atoms with van der Waals surface area (Å²) in [6, 6.07) is 9.00. The molecule has 0 bridgehead atoms. The topological polar surface area (TPSA) is 37.8 Å². The van der Waals surface area contributed by atoms with Crippen LogP contribution in [0, 0.1) is 6.92 Å². The first kappa shape index (κ1) is 15.5. The molecule has 2 aromatic rings. The van der Waals surface area contributed by atoms with Crippen LogP contribution in [0.1, 0.15) is 43.3 Å². The van der Waals surface area contributed by atoms with E-state index in [1.807, 2.05) is 6.92 Å². The van der Waals surface area contributed by atoms with E-state index in [0.29, 0.717) is 6.04 Å². The molecular formula is C15H21N3S2. The molecular weight excluding hydrogens is 286 g/mol. The van der Waals surface area contributed by atoms with Gasteiger partial charge in [0.15, 0.2) is 4.34 Å². The molecule has 1 unspecified atom stereocenters. The molecule has 0 saturated carbocycles. The first-order valence-corrected chi connectivity index (χ1v) is 8.68. The lowest BCUT2D eigenvalue weighted by atomic mass is 10.0. The molecule has 1 aromatic carbocycles. The SMILES string of the molecule is CCCNC(CC)c1ccccc1Sc1nnc(C)s1. The second kappa shape index (κ2) is 7.76. The summed E-state index contributed by atoms with van der Waals surface area (Å²) >= 11 is 3.37. The number of rotatable bonds is 7. The van der Waals surface area contributed by atoms with Crippen LogP contribution in [0.2, 0.25) is 0 Å². The Morgan fingerprint density at radius 2 is 2.05 bits per heavy atom. The van der Waals surface area contributed by atoms with E-state index in [1.54, 1.807) is 23.1 Å². The van der Waals surface area contributed by atoms with Gasteiger partial charge in [0.25, 0.3) is 0 Å². The monoisotopic (exact) mass is 307 g/mol. The summed E-state index contributed by atoms with van der Waals surface area (Å²) in [6.07, 6.45) is 2.24. The minimum atomic E-state index is 0.410. The van der Waals surface area contributed by atoms with E-state index in [9.17, 15) is 0 Å². The van der Waals surface area contributed by atoms with E-state index in [1.165, 1.54) is 10.5 Å². The van der Waals surface area contributed by atoms with E-state index >= 15 is 0 Å². The molecule has 1 heterocycles. The highest BCUT2D eigenvalue weighted by atomic mass is 32.2. The number of benzene rings is 1. The van der Waals surface area contributed by atoms with Crippen molar-refractivity contribution in [2.45, 2.75) is 48.9 Å². The van der Waals surface area contributed by atoms with Gasteiger partial charge in [-0.2, -0.15) is 0 Å². The van der Waals surface area contributed by atoms with Crippen molar-refractivity contribution >= 4 is 23.1 Å². The summed E-state index contributed by atoms with van der Waals surface area (Å²) in [6.45, 7) is 7.47. The van der Waals surface area contributed by atoms with Crippen molar-refractivity contribution < 1.29 is 0 Å². The maximum absolute atomic E-state index is 4.21. The van der Waals surface area contributed by atoms with E-state index < -0.39 is 0 Å². The van der Waals surface area contributed by atoms with Gasteiger partial charge < -0.3 is 5.32 Å². The van der Waals surface area contributed by atoms with Crippen LogP contribution in [-0.2, 0) is 0 Å². The number of hydrogen-bond acceptors (Lipinski definition) is 5. The highest BCUT2D eigenvalue weighted by Gasteiger charge is 2.14. The summed E-state index contributed by atoms with van der Waals surface area (Å²) in [4.78, 5) is 1.28. The summed E-state index contributed by atoms with van der Waals surface area (Å²) in [5.41, 5.74) is 1.36. The van der Waals surface area contributed by atoms with Crippen LogP contribution in [-0.4, -0.2) is 16.7 Å². The van der Waals surface area contributed by atoms with Crippen molar-refractivity contribution in [3.8, 4) is 0 Å². The van der Waals surface area contributed by atoms with Gasteiger partial charge in [0.2, 0.25) is 0 Å². The summed E-state index contributed by atoms with van der Waals surface area (Å²) in [5, 5.41) is 12.9. The zero-order valence-corrected chi connectivity index (χ0v) is 13.9. The van der Waals surface area contributed by atoms with Crippen molar-refractivity contribution in [3.63, 3.8) is 0 Å². The zero-order chi connectivity index (χ0) is 14.4. The zero-order valence-electron chi connectivity index (χ0n) is 12.2. The molecule has 0 spiro atoms. The van der Waals surface area contributed by atoms with Gasteiger partial charge in [-0.15, -0.1) is 10.2 Å². The molecule has 2 rings (SSSR count). The van der Waals surface area contributed by atoms with E-state index in [4.69, 9.17) is 0 Å². The van der Waals surface area contributed by atoms with Gasteiger partial charge in [0.05, 0.1) is 0 Å². The second-order valence-electron chi connectivity index (χ2n) is 4.64. The lowest BCUT2D eigenvalue weighted by molar-refractivity contribution is 0.512. The van der Waals surface area contributed by atoms with Gasteiger partial charge in [0.1, 0.15) is 5.01 Å².